The summed E-state index contributed by atoms with van der Waals surface area (Å²) in [6, 6.07) is 0. The van der Waals surface area contributed by atoms with Gasteiger partial charge in [0.05, 0.1) is 19.8 Å². The highest BCUT2D eigenvalue weighted by Crippen LogP contribution is 2.54. The average Bonchev–Trinajstić information content (AvgIpc) is 2.95. The van der Waals surface area contributed by atoms with Gasteiger partial charge in [0, 0.05) is 18.9 Å². The number of carbonyl (C=O) groups excluding carboxylic acids is 1. The van der Waals surface area contributed by atoms with Crippen LogP contribution in [0.5, 0.6) is 0 Å². The molecule has 0 aromatic carbocycles. The summed E-state index contributed by atoms with van der Waals surface area (Å²) < 4.78 is 10.3. The molecule has 0 unspecified atom stereocenters. The highest BCUT2D eigenvalue weighted by molar-refractivity contribution is 5.68. The lowest BCUT2D eigenvalue weighted by atomic mass is 9.75. The van der Waals surface area contributed by atoms with Gasteiger partial charge in [-0.15, -0.1) is 0 Å². The fourth-order valence-electron chi connectivity index (χ4n) is 3.72. The summed E-state index contributed by atoms with van der Waals surface area (Å²) in [5, 5.41) is 9.55. The summed E-state index contributed by atoms with van der Waals surface area (Å²) >= 11 is 0. The molecule has 4 nitrogen and oxygen atoms in total. The smallest absolute Gasteiger partial charge is 0.305 e. The number of carbonyl (C=O) groups is 1. The number of aliphatic hydroxyl groups is 1. The molecule has 1 saturated carbocycles. The molecule has 20 heavy (non-hydrogen) atoms. The van der Waals surface area contributed by atoms with Crippen molar-refractivity contribution in [3.8, 4) is 0 Å². The number of rotatable bonds is 7. The Hall–Kier alpha value is -0.870. The second-order valence-electron chi connectivity index (χ2n) is 6.34. The van der Waals surface area contributed by atoms with Crippen LogP contribution >= 0.6 is 0 Å². The van der Waals surface area contributed by atoms with Crippen molar-refractivity contribution in [3.63, 3.8) is 0 Å². The van der Waals surface area contributed by atoms with E-state index in [2.05, 4.69) is 23.8 Å². The van der Waals surface area contributed by atoms with Gasteiger partial charge in [-0.2, -0.15) is 0 Å². The Morgan fingerprint density at radius 2 is 2.30 bits per heavy atom. The Morgan fingerprint density at radius 1 is 1.50 bits per heavy atom. The van der Waals surface area contributed by atoms with Gasteiger partial charge in [-0.05, 0) is 37.0 Å². The van der Waals surface area contributed by atoms with Crippen LogP contribution in [0.2, 0.25) is 0 Å². The van der Waals surface area contributed by atoms with Gasteiger partial charge < -0.3 is 14.6 Å². The van der Waals surface area contributed by atoms with E-state index in [-0.39, 0.29) is 30.0 Å². The van der Waals surface area contributed by atoms with Gasteiger partial charge in [0.25, 0.3) is 0 Å². The van der Waals surface area contributed by atoms with Gasteiger partial charge in [0.1, 0.15) is 0 Å². The zero-order chi connectivity index (χ0) is 14.6. The molecule has 2 aliphatic rings. The summed E-state index contributed by atoms with van der Waals surface area (Å²) in [7, 11) is 1.42. The van der Waals surface area contributed by atoms with E-state index in [1.165, 1.54) is 7.11 Å². The van der Waals surface area contributed by atoms with Crippen molar-refractivity contribution in [2.75, 3.05) is 20.3 Å². The number of unbranched alkanes of at least 4 members (excludes halogenated alkanes) is 1. The van der Waals surface area contributed by atoms with Gasteiger partial charge in [-0.3, -0.25) is 4.79 Å². The van der Waals surface area contributed by atoms with E-state index in [9.17, 15) is 9.90 Å². The monoisotopic (exact) mass is 282 g/mol. The van der Waals surface area contributed by atoms with E-state index in [1.54, 1.807) is 0 Å². The molecule has 0 aromatic rings. The SMILES string of the molecule is COC(=O)CCCC=CC[C@@H]1[C@@H](CO)[C@H]2C[C@]1(C)CO2. The van der Waals surface area contributed by atoms with Gasteiger partial charge in [0.2, 0.25) is 0 Å². The number of hydrogen-bond donors (Lipinski definition) is 1. The number of ether oxygens (including phenoxy) is 2. The molecule has 0 spiro atoms. The maximum absolute atomic E-state index is 11.0. The van der Waals surface area contributed by atoms with Crippen LogP contribution in [0.25, 0.3) is 0 Å². The van der Waals surface area contributed by atoms with Gasteiger partial charge in [-0.25, -0.2) is 0 Å². The normalized spacial score (nSPS) is 35.9. The molecular formula is C16H26O4. The third-order valence-electron chi connectivity index (χ3n) is 4.93. The minimum atomic E-state index is -0.142. The second-order valence-corrected chi connectivity index (χ2v) is 6.34. The summed E-state index contributed by atoms with van der Waals surface area (Å²) in [6.45, 7) is 3.33. The van der Waals surface area contributed by atoms with E-state index >= 15 is 0 Å². The van der Waals surface area contributed by atoms with Gasteiger partial charge >= 0.3 is 5.97 Å². The summed E-state index contributed by atoms with van der Waals surface area (Å²) in [5.41, 5.74) is 0.231. The Morgan fingerprint density at radius 3 is 3.00 bits per heavy atom. The van der Waals surface area contributed by atoms with E-state index < -0.39 is 0 Å². The molecule has 1 saturated heterocycles. The number of esters is 1. The maximum atomic E-state index is 11.0. The molecule has 114 valence electrons. The second kappa shape index (κ2) is 6.72. The fourth-order valence-corrected chi connectivity index (χ4v) is 3.72. The van der Waals surface area contributed by atoms with Crippen LogP contribution in [0.3, 0.4) is 0 Å². The van der Waals surface area contributed by atoms with Crippen molar-refractivity contribution < 1.29 is 19.4 Å². The van der Waals surface area contributed by atoms with Crippen LogP contribution in [-0.2, 0) is 14.3 Å². The van der Waals surface area contributed by atoms with E-state index in [1.807, 2.05) is 0 Å². The van der Waals surface area contributed by atoms with Gasteiger partial charge in [0.15, 0.2) is 0 Å². The third kappa shape index (κ3) is 3.23. The Kier molecular flexibility index (Phi) is 5.22. The largest absolute Gasteiger partial charge is 0.469 e. The van der Waals surface area contributed by atoms with E-state index in [0.29, 0.717) is 12.3 Å². The van der Waals surface area contributed by atoms with Crippen molar-refractivity contribution in [3.05, 3.63) is 12.2 Å². The van der Waals surface area contributed by atoms with E-state index in [0.717, 1.165) is 32.3 Å². The van der Waals surface area contributed by atoms with Crippen molar-refractivity contribution in [1.29, 1.82) is 0 Å². The first-order chi connectivity index (χ1) is 9.60. The van der Waals surface area contributed by atoms with Crippen LogP contribution in [0.15, 0.2) is 12.2 Å². The number of allylic oxidation sites excluding steroid dienone is 2. The third-order valence-corrected chi connectivity index (χ3v) is 4.93. The number of hydrogen-bond acceptors (Lipinski definition) is 4. The van der Waals surface area contributed by atoms with E-state index in [4.69, 9.17) is 4.74 Å². The highest BCUT2D eigenvalue weighted by atomic mass is 16.5. The lowest BCUT2D eigenvalue weighted by Gasteiger charge is -2.35. The molecule has 0 amide bonds. The Labute approximate surface area is 121 Å². The molecule has 2 fully saturated rings. The average molecular weight is 282 g/mol. The van der Waals surface area contributed by atoms with Crippen molar-refractivity contribution in [2.45, 2.75) is 45.1 Å². The highest BCUT2D eigenvalue weighted by Gasteiger charge is 2.55. The Balaban J connectivity index is 1.74. The van der Waals surface area contributed by atoms with Crippen molar-refractivity contribution in [1.82, 2.24) is 0 Å². The molecule has 1 aliphatic carbocycles. The van der Waals surface area contributed by atoms with Crippen LogP contribution in [-0.4, -0.2) is 37.5 Å². The molecule has 4 heteroatoms. The molecular weight excluding hydrogens is 256 g/mol. The molecule has 1 N–H and O–H groups in total. The molecule has 1 heterocycles. The first-order valence-electron chi connectivity index (χ1n) is 7.55. The molecule has 0 radical (unpaired) electrons. The van der Waals surface area contributed by atoms with Crippen molar-refractivity contribution >= 4 is 5.97 Å². The topological polar surface area (TPSA) is 55.8 Å². The fraction of sp³-hybridized carbons (Fsp3) is 0.812. The van der Waals surface area contributed by atoms with Crippen molar-refractivity contribution in [2.24, 2.45) is 17.3 Å². The van der Waals surface area contributed by atoms with Gasteiger partial charge in [-0.1, -0.05) is 19.1 Å². The predicted octanol–water partition coefficient (Wildman–Crippen LogP) is 2.31. The lowest BCUT2D eigenvalue weighted by molar-refractivity contribution is -0.140. The lowest BCUT2D eigenvalue weighted by Crippen LogP contribution is -2.36. The van der Waals surface area contributed by atoms with Crippen LogP contribution < -0.4 is 0 Å². The molecule has 1 aliphatic heterocycles. The predicted molar refractivity (Wildman–Crippen MR) is 76.2 cm³/mol. The van der Waals surface area contributed by atoms with Crippen LogP contribution in [0, 0.1) is 17.3 Å². The standard InChI is InChI=1S/C16H26O4/c1-16-9-14(20-11-16)12(10-17)13(16)7-5-3-4-6-8-15(18)19-2/h3,5,12-14,17H,4,6-11H2,1-2H3/t12-,13-,14-,16-/m1/s1. The van der Waals surface area contributed by atoms with Crippen LogP contribution in [0.4, 0.5) is 0 Å². The zero-order valence-electron chi connectivity index (χ0n) is 12.5. The Bertz CT molecular complexity index is 365. The molecule has 2 rings (SSSR count). The molecule has 2 bridgehead atoms. The molecule has 0 aromatic heterocycles. The summed E-state index contributed by atoms with van der Waals surface area (Å²) in [4.78, 5) is 11.0. The maximum Gasteiger partial charge on any atom is 0.305 e. The minimum Gasteiger partial charge on any atom is -0.469 e. The molecule has 4 atom stereocenters. The summed E-state index contributed by atoms with van der Waals surface area (Å²) in [6.07, 6.45) is 8.91. The number of aliphatic hydroxyl groups excluding tert-OH is 1. The first-order valence-corrected chi connectivity index (χ1v) is 7.55. The van der Waals surface area contributed by atoms with Crippen LogP contribution in [0.1, 0.15) is 39.0 Å². The first kappa shape index (κ1) is 15.5. The minimum absolute atomic E-state index is 0.142. The quantitative estimate of drug-likeness (QED) is 0.442. The zero-order valence-corrected chi connectivity index (χ0v) is 12.5. The number of methoxy groups -OCH3 is 1. The summed E-state index contributed by atoms with van der Waals surface area (Å²) in [5.74, 6) is 0.660. The number of fused-ring (bicyclic) bond motifs is 2.